The molecule has 1 aliphatic heterocycles. The van der Waals surface area contributed by atoms with E-state index in [1.165, 1.54) is 6.21 Å². The van der Waals surface area contributed by atoms with E-state index in [0.29, 0.717) is 24.5 Å². The van der Waals surface area contributed by atoms with E-state index in [2.05, 4.69) is 4.99 Å². The molecule has 5 heteroatoms. The Labute approximate surface area is 141 Å². The fourth-order valence-corrected chi connectivity index (χ4v) is 2.59. The van der Waals surface area contributed by atoms with Crippen LogP contribution in [0.15, 0.2) is 71.2 Å². The largest absolute Gasteiger partial charge is 0.502 e. The summed E-state index contributed by atoms with van der Waals surface area (Å²) >= 11 is 0. The Hall–Kier alpha value is -2.95. The van der Waals surface area contributed by atoms with E-state index in [4.69, 9.17) is 4.74 Å². The highest BCUT2D eigenvalue weighted by Crippen LogP contribution is 2.29. The molecular weight excluding hydrogens is 304 g/mol. The number of anilines is 1. The Morgan fingerprint density at radius 2 is 1.88 bits per heavy atom. The number of ether oxygens (including phenoxy) is 1. The fourth-order valence-electron chi connectivity index (χ4n) is 2.59. The molecule has 24 heavy (non-hydrogen) atoms. The van der Waals surface area contributed by atoms with Crippen molar-refractivity contribution in [3.05, 3.63) is 71.8 Å². The number of rotatable bonds is 5. The van der Waals surface area contributed by atoms with Gasteiger partial charge >= 0.3 is 0 Å². The maximum absolute atomic E-state index is 10.2. The third kappa shape index (κ3) is 3.35. The van der Waals surface area contributed by atoms with E-state index < -0.39 is 0 Å². The topological polar surface area (TPSA) is 65.3 Å². The molecule has 2 aromatic carbocycles. The van der Waals surface area contributed by atoms with Gasteiger partial charge in [0.2, 0.25) is 5.88 Å². The quantitative estimate of drug-likeness (QED) is 0.866. The van der Waals surface area contributed by atoms with Crippen molar-refractivity contribution in [2.75, 3.05) is 4.90 Å². The first-order chi connectivity index (χ1) is 11.7. The highest BCUT2D eigenvalue weighted by atomic mass is 16.5. The Balaban J connectivity index is 1.80. The van der Waals surface area contributed by atoms with Crippen molar-refractivity contribution in [2.45, 2.75) is 26.1 Å². The molecule has 0 aliphatic carbocycles. The van der Waals surface area contributed by atoms with Gasteiger partial charge < -0.3 is 14.9 Å². The van der Waals surface area contributed by atoms with Crippen LogP contribution in [0.1, 0.15) is 18.9 Å². The number of aliphatic hydroxyl groups is 2. The maximum Gasteiger partial charge on any atom is 0.238 e. The molecule has 0 fully saturated rings. The SMILES string of the molecule is CCC1N=CC(O)=C(O)N1c1cccc(OCc2ccccc2)c1. The molecule has 2 N–H and O–H groups in total. The minimum atomic E-state index is -0.259. The smallest absolute Gasteiger partial charge is 0.238 e. The highest BCUT2D eigenvalue weighted by Gasteiger charge is 2.26. The van der Waals surface area contributed by atoms with E-state index in [9.17, 15) is 10.2 Å². The Morgan fingerprint density at radius 1 is 1.08 bits per heavy atom. The van der Waals surface area contributed by atoms with Gasteiger partial charge in [-0.3, -0.25) is 9.89 Å². The number of aliphatic hydroxyl groups excluding tert-OH is 2. The average molecular weight is 324 g/mol. The summed E-state index contributed by atoms with van der Waals surface area (Å²) in [5.74, 6) is 0.250. The molecule has 1 unspecified atom stereocenters. The normalized spacial score (nSPS) is 17.2. The van der Waals surface area contributed by atoms with Crippen LogP contribution in [0.3, 0.4) is 0 Å². The van der Waals surface area contributed by atoms with Crippen LogP contribution in [0.4, 0.5) is 5.69 Å². The number of benzene rings is 2. The van der Waals surface area contributed by atoms with Gasteiger partial charge in [0.05, 0.1) is 6.21 Å². The third-order valence-corrected chi connectivity index (χ3v) is 3.83. The standard InChI is InChI=1S/C19H20N2O3/c1-2-18-20-12-17(22)19(23)21(18)15-9-6-10-16(11-15)24-13-14-7-4-3-5-8-14/h3-12,18,22-23H,2,13H2,1H3. The summed E-state index contributed by atoms with van der Waals surface area (Å²) in [7, 11) is 0. The summed E-state index contributed by atoms with van der Waals surface area (Å²) in [5.41, 5.74) is 1.80. The third-order valence-electron chi connectivity index (χ3n) is 3.83. The summed E-state index contributed by atoms with van der Waals surface area (Å²) in [6.45, 7) is 2.44. The van der Waals surface area contributed by atoms with Crippen molar-refractivity contribution >= 4 is 11.9 Å². The molecule has 0 bridgehead atoms. The predicted octanol–water partition coefficient (Wildman–Crippen LogP) is 4.18. The molecule has 0 aromatic heterocycles. The average Bonchev–Trinajstić information content (AvgIpc) is 2.63. The number of hydrogen-bond acceptors (Lipinski definition) is 5. The van der Waals surface area contributed by atoms with Crippen molar-refractivity contribution in [2.24, 2.45) is 4.99 Å². The Kier molecular flexibility index (Phi) is 4.70. The molecule has 124 valence electrons. The summed E-state index contributed by atoms with van der Waals surface area (Å²) in [6, 6.07) is 17.3. The van der Waals surface area contributed by atoms with Gasteiger partial charge in [-0.15, -0.1) is 0 Å². The van der Waals surface area contributed by atoms with Crippen molar-refractivity contribution in [1.29, 1.82) is 0 Å². The summed E-state index contributed by atoms with van der Waals surface area (Å²) < 4.78 is 5.83. The molecule has 0 saturated heterocycles. The minimum Gasteiger partial charge on any atom is -0.502 e. The van der Waals surface area contributed by atoms with E-state index in [1.54, 1.807) is 4.90 Å². The van der Waals surface area contributed by atoms with E-state index in [1.807, 2.05) is 61.5 Å². The monoisotopic (exact) mass is 324 g/mol. The lowest BCUT2D eigenvalue weighted by Gasteiger charge is -2.31. The molecule has 1 atom stereocenters. The lowest BCUT2D eigenvalue weighted by Crippen LogP contribution is -2.36. The molecular formula is C19H20N2O3. The van der Waals surface area contributed by atoms with Gasteiger partial charge in [-0.05, 0) is 24.1 Å². The van der Waals surface area contributed by atoms with Crippen LogP contribution < -0.4 is 9.64 Å². The summed E-state index contributed by atoms with van der Waals surface area (Å²) in [6.07, 6.45) is 1.73. The molecule has 0 amide bonds. The zero-order valence-electron chi connectivity index (χ0n) is 13.5. The van der Waals surface area contributed by atoms with Gasteiger partial charge in [0.15, 0.2) is 5.76 Å². The van der Waals surface area contributed by atoms with Crippen molar-refractivity contribution in [3.8, 4) is 5.75 Å². The van der Waals surface area contributed by atoms with Gasteiger partial charge in [0.1, 0.15) is 18.5 Å². The first-order valence-corrected chi connectivity index (χ1v) is 7.90. The number of hydrogen-bond donors (Lipinski definition) is 2. The van der Waals surface area contributed by atoms with Crippen LogP contribution in [-0.2, 0) is 6.61 Å². The summed E-state index contributed by atoms with van der Waals surface area (Å²) in [4.78, 5) is 5.85. The molecule has 3 rings (SSSR count). The zero-order chi connectivity index (χ0) is 16.9. The first-order valence-electron chi connectivity index (χ1n) is 7.90. The second kappa shape index (κ2) is 7.08. The molecule has 1 aliphatic rings. The summed E-state index contributed by atoms with van der Waals surface area (Å²) in [5, 5.41) is 20.0. The van der Waals surface area contributed by atoms with Crippen molar-refractivity contribution < 1.29 is 14.9 Å². The van der Waals surface area contributed by atoms with Crippen molar-refractivity contribution in [3.63, 3.8) is 0 Å². The van der Waals surface area contributed by atoms with Crippen LogP contribution in [0.5, 0.6) is 5.75 Å². The molecule has 5 nitrogen and oxygen atoms in total. The first kappa shape index (κ1) is 15.9. The number of aliphatic imine (C=N–C) groups is 1. The maximum atomic E-state index is 10.2. The minimum absolute atomic E-state index is 0.197. The van der Waals surface area contributed by atoms with Crippen LogP contribution in [0.25, 0.3) is 0 Å². The van der Waals surface area contributed by atoms with Crippen LogP contribution in [0, 0.1) is 0 Å². The molecule has 0 saturated carbocycles. The predicted molar refractivity (Wildman–Crippen MR) is 94.5 cm³/mol. The lowest BCUT2D eigenvalue weighted by molar-refractivity contribution is 0.304. The fraction of sp³-hybridized carbons (Fsp3) is 0.211. The van der Waals surface area contributed by atoms with Gasteiger partial charge in [-0.1, -0.05) is 43.3 Å². The van der Waals surface area contributed by atoms with Crippen molar-refractivity contribution in [1.82, 2.24) is 0 Å². The van der Waals surface area contributed by atoms with Gasteiger partial charge in [0.25, 0.3) is 0 Å². The van der Waals surface area contributed by atoms with Gasteiger partial charge in [-0.25, -0.2) is 0 Å². The van der Waals surface area contributed by atoms with Crippen LogP contribution >= 0.6 is 0 Å². The lowest BCUT2D eigenvalue weighted by atomic mass is 10.2. The van der Waals surface area contributed by atoms with E-state index in [0.717, 1.165) is 5.56 Å². The van der Waals surface area contributed by atoms with Gasteiger partial charge in [-0.2, -0.15) is 0 Å². The number of allylic oxidation sites excluding steroid dienone is 1. The molecule has 2 aromatic rings. The number of nitrogens with zero attached hydrogens (tertiary/aromatic N) is 2. The second-order valence-corrected chi connectivity index (χ2v) is 5.52. The van der Waals surface area contributed by atoms with E-state index in [-0.39, 0.29) is 17.8 Å². The zero-order valence-corrected chi connectivity index (χ0v) is 13.5. The van der Waals surface area contributed by atoms with Crippen LogP contribution in [0.2, 0.25) is 0 Å². The Bertz CT molecular complexity index is 756. The highest BCUT2D eigenvalue weighted by molar-refractivity contribution is 5.79. The van der Waals surface area contributed by atoms with Crippen LogP contribution in [-0.4, -0.2) is 22.6 Å². The van der Waals surface area contributed by atoms with E-state index >= 15 is 0 Å². The molecule has 0 radical (unpaired) electrons. The molecule has 1 heterocycles. The Morgan fingerprint density at radius 3 is 2.62 bits per heavy atom. The van der Waals surface area contributed by atoms with Gasteiger partial charge in [0, 0.05) is 11.8 Å². The molecule has 0 spiro atoms. The second-order valence-electron chi connectivity index (χ2n) is 5.52.